The highest BCUT2D eigenvalue weighted by Gasteiger charge is 2.49. The predicted octanol–water partition coefficient (Wildman–Crippen LogP) is 13.9. The first-order valence-electron chi connectivity index (χ1n) is 22.8. The molecule has 0 radical (unpaired) electrons. The predicted molar refractivity (Wildman–Crippen MR) is 262 cm³/mol. The van der Waals surface area contributed by atoms with Crippen molar-refractivity contribution in [2.24, 2.45) is 0 Å². The lowest BCUT2D eigenvalue weighted by molar-refractivity contribution is 0.332. The molecule has 11 rings (SSSR count). The summed E-state index contributed by atoms with van der Waals surface area (Å²) >= 11 is 0. The monoisotopic (exact) mass is 800 g/mol. The lowest BCUT2D eigenvalue weighted by atomic mass is 9.33. The van der Waals surface area contributed by atoms with E-state index in [1.807, 2.05) is 0 Å². The molecule has 2 aliphatic heterocycles. The topological polar surface area (TPSA) is 19.6 Å². The molecule has 61 heavy (non-hydrogen) atoms. The van der Waals surface area contributed by atoms with Crippen molar-refractivity contribution in [3.05, 3.63) is 136 Å². The molecule has 0 bridgehead atoms. The molecule has 0 fully saturated rings. The molecule has 0 saturated carbocycles. The standard InChI is InChI=1S/C57H61BN2O/c1-33-25-47-52-48(26-33)60(44-30-39-37(27-34(44)2)54(6,7)23-24-55(39,8)9)46-31-40-38(56(10,11)32-57(40,12)13)29-42(46)58(52)41-22-21-35(53(3,4)5)28-45(41)59(47)43-18-16-20-50-51(43)36-17-14-15-19-49(36)61-50/h14-22,25-31H,23-24,32H2,1-13H3. The molecule has 2 aliphatic carbocycles. The first kappa shape index (κ1) is 38.7. The fraction of sp³-hybridized carbons (Fsp3) is 0.368. The van der Waals surface area contributed by atoms with Crippen LogP contribution in [0.5, 0.6) is 0 Å². The van der Waals surface area contributed by atoms with Gasteiger partial charge in [0, 0.05) is 33.8 Å². The summed E-state index contributed by atoms with van der Waals surface area (Å²) in [6.07, 6.45) is 3.51. The van der Waals surface area contributed by atoms with E-state index in [0.29, 0.717) is 0 Å². The summed E-state index contributed by atoms with van der Waals surface area (Å²) in [5.74, 6) is 0. The van der Waals surface area contributed by atoms with Crippen molar-refractivity contribution >= 4 is 79.2 Å². The third-order valence-corrected chi connectivity index (χ3v) is 15.6. The Balaban J connectivity index is 1.28. The normalized spacial score (nSPS) is 18.8. The van der Waals surface area contributed by atoms with Gasteiger partial charge in [-0.15, -0.1) is 0 Å². The quantitative estimate of drug-likeness (QED) is 0.162. The molecule has 0 saturated heterocycles. The lowest BCUT2D eigenvalue weighted by Crippen LogP contribution is -2.61. The minimum absolute atomic E-state index is 0.0306. The number of aryl methyl sites for hydroxylation is 2. The van der Waals surface area contributed by atoms with Gasteiger partial charge in [-0.3, -0.25) is 0 Å². The molecule has 4 aliphatic rings. The van der Waals surface area contributed by atoms with E-state index in [-0.39, 0.29) is 33.8 Å². The molecule has 0 N–H and O–H groups in total. The summed E-state index contributed by atoms with van der Waals surface area (Å²) in [4.78, 5) is 5.30. The first-order chi connectivity index (χ1) is 28.7. The van der Waals surface area contributed by atoms with Gasteiger partial charge in [-0.2, -0.15) is 0 Å². The maximum absolute atomic E-state index is 6.59. The fourth-order valence-corrected chi connectivity index (χ4v) is 12.5. The Bertz CT molecular complexity index is 3040. The van der Waals surface area contributed by atoms with Crippen LogP contribution in [0.25, 0.3) is 21.9 Å². The zero-order chi connectivity index (χ0) is 42.9. The van der Waals surface area contributed by atoms with Gasteiger partial charge in [0.25, 0.3) is 6.71 Å². The number of furan rings is 1. The third kappa shape index (κ3) is 5.42. The number of anilines is 6. The number of rotatable bonds is 2. The summed E-state index contributed by atoms with van der Waals surface area (Å²) in [6, 6.07) is 38.0. The van der Waals surface area contributed by atoms with Crippen molar-refractivity contribution < 1.29 is 4.42 Å². The summed E-state index contributed by atoms with van der Waals surface area (Å²) in [6.45, 7) is 31.4. The molecule has 308 valence electrons. The van der Waals surface area contributed by atoms with Gasteiger partial charge in [0.2, 0.25) is 0 Å². The zero-order valence-electron chi connectivity index (χ0n) is 38.7. The molecular weight excluding hydrogens is 739 g/mol. The van der Waals surface area contributed by atoms with Crippen molar-refractivity contribution in [2.75, 3.05) is 9.80 Å². The summed E-state index contributed by atoms with van der Waals surface area (Å²) < 4.78 is 6.59. The number of hydrogen-bond donors (Lipinski definition) is 0. The van der Waals surface area contributed by atoms with E-state index in [9.17, 15) is 0 Å². The first-order valence-corrected chi connectivity index (χ1v) is 22.8. The minimum atomic E-state index is -0.0306. The Kier molecular flexibility index (Phi) is 7.76. The SMILES string of the molecule is Cc1cc2c3c(c1)N(c1cccc4oc5ccccc5c14)c1cc(C(C)(C)C)ccc1B3c1cc3c(cc1N2c1cc2c(cc1C)C(C)(C)CCC2(C)C)C(C)(C)CC3(C)C. The highest BCUT2D eigenvalue weighted by atomic mass is 16.3. The molecule has 3 heterocycles. The number of nitrogens with zero attached hydrogens (tertiary/aromatic N) is 2. The van der Waals surface area contributed by atoms with Crippen LogP contribution in [0.1, 0.15) is 134 Å². The van der Waals surface area contributed by atoms with Gasteiger partial charge in [-0.25, -0.2) is 0 Å². The molecule has 0 atom stereocenters. The van der Waals surface area contributed by atoms with Gasteiger partial charge in [0.05, 0.1) is 11.1 Å². The average Bonchev–Trinajstić information content (AvgIpc) is 3.65. The molecule has 4 heteroatoms. The van der Waals surface area contributed by atoms with Crippen molar-refractivity contribution in [1.82, 2.24) is 0 Å². The van der Waals surface area contributed by atoms with E-state index >= 15 is 0 Å². The maximum atomic E-state index is 6.59. The van der Waals surface area contributed by atoms with Gasteiger partial charge in [-0.05, 0) is 164 Å². The van der Waals surface area contributed by atoms with Gasteiger partial charge in [-0.1, -0.05) is 125 Å². The van der Waals surface area contributed by atoms with Gasteiger partial charge < -0.3 is 14.2 Å². The van der Waals surface area contributed by atoms with E-state index in [2.05, 4.69) is 197 Å². The van der Waals surface area contributed by atoms with Gasteiger partial charge in [0.15, 0.2) is 0 Å². The highest BCUT2D eigenvalue weighted by Crippen LogP contribution is 2.55. The maximum Gasteiger partial charge on any atom is 0.252 e. The van der Waals surface area contributed by atoms with Crippen LogP contribution < -0.4 is 26.2 Å². The van der Waals surface area contributed by atoms with Gasteiger partial charge >= 0.3 is 0 Å². The van der Waals surface area contributed by atoms with Crippen LogP contribution >= 0.6 is 0 Å². The van der Waals surface area contributed by atoms with Crippen LogP contribution in [-0.4, -0.2) is 6.71 Å². The molecule has 0 spiro atoms. The largest absolute Gasteiger partial charge is 0.456 e. The van der Waals surface area contributed by atoms with E-state index in [0.717, 1.165) is 34.0 Å². The molecule has 1 aromatic heterocycles. The van der Waals surface area contributed by atoms with Crippen molar-refractivity contribution in [2.45, 2.75) is 136 Å². The number of para-hydroxylation sites is 1. The second-order valence-corrected chi connectivity index (χ2v) is 22.9. The summed E-state index contributed by atoms with van der Waals surface area (Å²) in [7, 11) is 0. The van der Waals surface area contributed by atoms with E-state index in [1.54, 1.807) is 0 Å². The fourth-order valence-electron chi connectivity index (χ4n) is 12.5. The lowest BCUT2D eigenvalue weighted by Gasteiger charge is -2.47. The van der Waals surface area contributed by atoms with Crippen LogP contribution in [-0.2, 0) is 27.1 Å². The molecule has 6 aromatic carbocycles. The van der Waals surface area contributed by atoms with Crippen molar-refractivity contribution in [1.29, 1.82) is 0 Å². The molecular formula is C57H61BN2O. The Morgan fingerprint density at radius 3 is 1.79 bits per heavy atom. The van der Waals surface area contributed by atoms with Crippen molar-refractivity contribution in [3.8, 4) is 0 Å². The third-order valence-electron chi connectivity index (χ3n) is 15.6. The van der Waals surface area contributed by atoms with Crippen molar-refractivity contribution in [3.63, 3.8) is 0 Å². The Morgan fingerprint density at radius 1 is 0.525 bits per heavy atom. The Labute approximate surface area is 364 Å². The highest BCUT2D eigenvalue weighted by molar-refractivity contribution is 7.00. The molecule has 0 unspecified atom stereocenters. The smallest absolute Gasteiger partial charge is 0.252 e. The van der Waals surface area contributed by atoms with E-state index in [1.165, 1.54) is 96.6 Å². The number of hydrogen-bond acceptors (Lipinski definition) is 3. The molecule has 0 amide bonds. The summed E-state index contributed by atoms with van der Waals surface area (Å²) in [5.41, 5.74) is 23.8. The number of fused-ring (bicyclic) bond motifs is 9. The minimum Gasteiger partial charge on any atom is -0.456 e. The second kappa shape index (κ2) is 12.2. The van der Waals surface area contributed by atoms with Crippen LogP contribution in [0.4, 0.5) is 34.1 Å². The van der Waals surface area contributed by atoms with Crippen LogP contribution in [0.3, 0.4) is 0 Å². The van der Waals surface area contributed by atoms with E-state index < -0.39 is 0 Å². The molecule has 3 nitrogen and oxygen atoms in total. The Morgan fingerprint density at radius 2 is 1.10 bits per heavy atom. The van der Waals surface area contributed by atoms with Crippen LogP contribution in [0, 0.1) is 13.8 Å². The van der Waals surface area contributed by atoms with Crippen LogP contribution in [0.2, 0.25) is 0 Å². The zero-order valence-corrected chi connectivity index (χ0v) is 38.7. The van der Waals surface area contributed by atoms with Gasteiger partial charge in [0.1, 0.15) is 11.2 Å². The average molecular weight is 801 g/mol. The molecule has 7 aromatic rings. The number of benzene rings is 6. The van der Waals surface area contributed by atoms with E-state index in [4.69, 9.17) is 4.42 Å². The second-order valence-electron chi connectivity index (χ2n) is 22.9. The summed E-state index contributed by atoms with van der Waals surface area (Å²) in [5, 5.41) is 2.30. The van der Waals surface area contributed by atoms with Crippen LogP contribution in [0.15, 0.2) is 101 Å². The Hall–Kier alpha value is -5.22.